The molecule has 0 amide bonds. The maximum atomic E-state index is 13.2. The minimum absolute atomic E-state index is 0.0111. The van der Waals surface area contributed by atoms with Crippen molar-refractivity contribution in [1.29, 1.82) is 0 Å². The molecule has 0 aliphatic carbocycles. The molecule has 3 rings (SSSR count). The average Bonchev–Trinajstić information content (AvgIpc) is 3.09. The van der Waals surface area contributed by atoms with Gasteiger partial charge in [0, 0.05) is 40.7 Å². The van der Waals surface area contributed by atoms with E-state index >= 15 is 0 Å². The van der Waals surface area contributed by atoms with E-state index in [-0.39, 0.29) is 36.8 Å². The van der Waals surface area contributed by atoms with Gasteiger partial charge in [-0.3, -0.25) is 23.8 Å². The van der Waals surface area contributed by atoms with Crippen LogP contribution in [0.25, 0.3) is 10.9 Å². The molecule has 11 heteroatoms. The van der Waals surface area contributed by atoms with Crippen LogP contribution in [-0.4, -0.2) is 49.8 Å². The smallest absolute Gasteiger partial charge is 0.469 e. The second-order valence-corrected chi connectivity index (χ2v) is 9.74. The Kier molecular flexibility index (Phi) is 7.14. The molecule has 33 heavy (non-hydrogen) atoms. The van der Waals surface area contributed by atoms with Gasteiger partial charge in [-0.25, -0.2) is 4.57 Å². The number of phosphoric acid groups is 1. The molecule has 1 aromatic carbocycles. The lowest BCUT2D eigenvalue weighted by atomic mass is 9.91. The Balaban J connectivity index is 1.90. The van der Waals surface area contributed by atoms with Crippen LogP contribution >= 0.6 is 7.82 Å². The number of methoxy groups -OCH3 is 1. The number of ether oxygens (including phenoxy) is 1. The van der Waals surface area contributed by atoms with Crippen molar-refractivity contribution >= 4 is 30.3 Å². The highest BCUT2D eigenvalue weighted by Crippen LogP contribution is 2.35. The lowest BCUT2D eigenvalue weighted by molar-refractivity contribution is -0.127. The van der Waals surface area contributed by atoms with Crippen LogP contribution in [0, 0.1) is 5.41 Å². The number of carbonyl (C=O) groups excluding carboxylic acids is 2. The lowest BCUT2D eigenvalue weighted by Crippen LogP contribution is -2.25. The quantitative estimate of drug-likeness (QED) is 0.353. The van der Waals surface area contributed by atoms with Crippen LogP contribution in [0.1, 0.15) is 42.5 Å². The van der Waals surface area contributed by atoms with Crippen molar-refractivity contribution in [1.82, 2.24) is 14.8 Å². The molecule has 0 radical (unpaired) electrons. The third-order valence-corrected chi connectivity index (χ3v) is 5.53. The van der Waals surface area contributed by atoms with Crippen LogP contribution in [0.3, 0.4) is 0 Å². The number of nitrogens with zero attached hydrogens (tertiary/aromatic N) is 3. The Morgan fingerprint density at radius 3 is 2.45 bits per heavy atom. The maximum Gasteiger partial charge on any atom is 0.469 e. The summed E-state index contributed by atoms with van der Waals surface area (Å²) in [6.07, 6.45) is 1.55. The zero-order valence-corrected chi connectivity index (χ0v) is 19.7. The highest BCUT2D eigenvalue weighted by Gasteiger charge is 2.25. The number of phosphoric ester groups is 1. The van der Waals surface area contributed by atoms with Gasteiger partial charge in [-0.1, -0.05) is 20.8 Å². The average molecular weight is 475 g/mol. The molecule has 0 bridgehead atoms. The van der Waals surface area contributed by atoms with E-state index in [0.717, 1.165) is 0 Å². The second kappa shape index (κ2) is 9.52. The van der Waals surface area contributed by atoms with Gasteiger partial charge in [-0.15, -0.1) is 0 Å². The number of carbonyl (C=O) groups is 2. The Morgan fingerprint density at radius 2 is 1.88 bits per heavy atom. The molecule has 2 N–H and O–H groups in total. The fourth-order valence-corrected chi connectivity index (χ4v) is 3.38. The fraction of sp³-hybridized carbons (Fsp3) is 0.364. The molecule has 10 nitrogen and oxygen atoms in total. The number of aromatic nitrogens is 3. The van der Waals surface area contributed by atoms with Crippen LogP contribution in [0.2, 0.25) is 0 Å². The van der Waals surface area contributed by atoms with Crippen LogP contribution in [0.5, 0.6) is 5.75 Å². The number of pyridine rings is 1. The van der Waals surface area contributed by atoms with E-state index in [1.54, 1.807) is 30.3 Å². The normalized spacial score (nSPS) is 12.2. The summed E-state index contributed by atoms with van der Waals surface area (Å²) in [5, 5.41) is 5.03. The number of rotatable bonds is 9. The molecule has 176 valence electrons. The number of fused-ring (bicyclic) bond motifs is 1. The minimum Gasteiger partial charge on any atom is -0.497 e. The molecule has 2 aromatic heterocycles. The molecule has 0 fully saturated rings. The van der Waals surface area contributed by atoms with E-state index in [2.05, 4.69) is 14.6 Å². The molecular weight excluding hydrogens is 449 g/mol. The van der Waals surface area contributed by atoms with E-state index in [4.69, 9.17) is 14.5 Å². The van der Waals surface area contributed by atoms with Gasteiger partial charge in [0.15, 0.2) is 5.78 Å². The molecule has 0 saturated heterocycles. The van der Waals surface area contributed by atoms with E-state index in [0.29, 0.717) is 27.9 Å². The van der Waals surface area contributed by atoms with E-state index in [9.17, 15) is 14.2 Å². The zero-order valence-electron chi connectivity index (χ0n) is 18.8. The van der Waals surface area contributed by atoms with Gasteiger partial charge in [0.05, 0.1) is 19.2 Å². The fourth-order valence-electron chi connectivity index (χ4n) is 3.05. The summed E-state index contributed by atoms with van der Waals surface area (Å²) < 4.78 is 22.0. The Labute approximate surface area is 190 Å². The molecule has 0 spiro atoms. The standard InChI is InChI=1S/C22H26N3O7P/c1-22(2,3)19(26)13-25-18-11-16(31-4)7-8-17(18)20(24-25)21(27)14-5-6-15(23-12-14)9-10-32-33(28,29)30/h5-8,11-12H,9-10,13H2,1-4H3,(H2,28,29,30). The minimum atomic E-state index is -4.54. The zero-order chi connectivity index (χ0) is 24.4. The summed E-state index contributed by atoms with van der Waals surface area (Å²) in [4.78, 5) is 47.5. The van der Waals surface area contributed by atoms with E-state index < -0.39 is 13.2 Å². The first kappa shape index (κ1) is 24.7. The van der Waals surface area contributed by atoms with E-state index in [1.807, 2.05) is 20.8 Å². The molecule has 0 atom stereocenters. The Bertz CT molecular complexity index is 1220. The number of benzene rings is 1. The number of ketones is 2. The number of Topliss-reactive ketones (excluding diaryl/α,β-unsaturated/α-hetero) is 1. The first-order chi connectivity index (χ1) is 15.4. The third kappa shape index (κ3) is 6.11. The molecule has 0 aliphatic rings. The SMILES string of the molecule is COc1ccc2c(C(=O)c3ccc(CCOP(=O)(O)O)nc3)nn(CC(=O)C(C)(C)C)c2c1. The Morgan fingerprint density at radius 1 is 1.15 bits per heavy atom. The van der Waals surface area contributed by atoms with Crippen molar-refractivity contribution in [2.24, 2.45) is 5.41 Å². The van der Waals surface area contributed by atoms with Crippen molar-refractivity contribution in [2.75, 3.05) is 13.7 Å². The van der Waals surface area contributed by atoms with Crippen LogP contribution in [0.4, 0.5) is 0 Å². The van der Waals surface area contributed by atoms with Gasteiger partial charge in [0.25, 0.3) is 0 Å². The Hall–Kier alpha value is -2.91. The summed E-state index contributed by atoms with van der Waals surface area (Å²) in [6.45, 7) is 5.28. The predicted molar refractivity (Wildman–Crippen MR) is 120 cm³/mol. The molecule has 0 aliphatic heterocycles. The van der Waals surface area contributed by atoms with Crippen LogP contribution in [0.15, 0.2) is 36.5 Å². The highest BCUT2D eigenvalue weighted by molar-refractivity contribution is 7.46. The predicted octanol–water partition coefficient (Wildman–Crippen LogP) is 2.94. The highest BCUT2D eigenvalue weighted by atomic mass is 31.2. The van der Waals surface area contributed by atoms with Gasteiger partial charge < -0.3 is 14.5 Å². The van der Waals surface area contributed by atoms with Crippen molar-refractivity contribution in [3.63, 3.8) is 0 Å². The van der Waals surface area contributed by atoms with Gasteiger partial charge in [-0.05, 0) is 24.3 Å². The summed E-state index contributed by atoms with van der Waals surface area (Å²) in [7, 11) is -3.01. The second-order valence-electron chi connectivity index (χ2n) is 8.50. The van der Waals surface area contributed by atoms with Crippen molar-refractivity contribution < 1.29 is 33.2 Å². The molecule has 3 aromatic rings. The van der Waals surface area contributed by atoms with Crippen molar-refractivity contribution in [3.05, 3.63) is 53.5 Å². The van der Waals surface area contributed by atoms with Gasteiger partial charge in [-0.2, -0.15) is 5.10 Å². The monoisotopic (exact) mass is 475 g/mol. The first-order valence-corrected chi connectivity index (χ1v) is 11.7. The summed E-state index contributed by atoms with van der Waals surface area (Å²) in [5.41, 5.74) is 1.03. The topological polar surface area (TPSA) is 141 Å². The van der Waals surface area contributed by atoms with Gasteiger partial charge >= 0.3 is 7.82 Å². The van der Waals surface area contributed by atoms with E-state index in [1.165, 1.54) is 18.0 Å². The largest absolute Gasteiger partial charge is 0.497 e. The van der Waals surface area contributed by atoms with Crippen LogP contribution in [-0.2, 0) is 26.8 Å². The summed E-state index contributed by atoms with van der Waals surface area (Å²) in [5.74, 6) is 0.185. The summed E-state index contributed by atoms with van der Waals surface area (Å²) >= 11 is 0. The molecule has 2 heterocycles. The first-order valence-electron chi connectivity index (χ1n) is 10.2. The lowest BCUT2D eigenvalue weighted by Gasteiger charge is -2.16. The van der Waals surface area contributed by atoms with Gasteiger partial charge in [0.2, 0.25) is 5.78 Å². The third-order valence-electron chi connectivity index (χ3n) is 5.01. The van der Waals surface area contributed by atoms with Gasteiger partial charge in [0.1, 0.15) is 18.0 Å². The number of hydrogen-bond donors (Lipinski definition) is 2. The molecule has 0 saturated carbocycles. The van der Waals surface area contributed by atoms with Crippen molar-refractivity contribution in [2.45, 2.75) is 33.7 Å². The molecular formula is C22H26N3O7P. The van der Waals surface area contributed by atoms with Crippen molar-refractivity contribution in [3.8, 4) is 5.75 Å². The van der Waals surface area contributed by atoms with Crippen LogP contribution < -0.4 is 4.74 Å². The summed E-state index contributed by atoms with van der Waals surface area (Å²) in [6, 6.07) is 8.34. The molecule has 0 unspecified atom stereocenters. The number of hydrogen-bond acceptors (Lipinski definition) is 7. The maximum absolute atomic E-state index is 13.2.